The van der Waals surface area contributed by atoms with Crippen molar-refractivity contribution in [3.05, 3.63) is 52.6 Å². The van der Waals surface area contributed by atoms with Crippen LogP contribution in [0.4, 0.5) is 5.82 Å². The lowest BCUT2D eigenvalue weighted by atomic mass is 10.0. The number of nitriles is 1. The topological polar surface area (TPSA) is 107 Å². The standard InChI is InChI=1S/C24H25N5O4S/c1-17(30)33-13-12-29-16-20(31)19(15-25)22(18-5-4-7-26-23(18)29)27-8-10-28(11-9-27)24(32)21-6-2-3-14-34-21/h2-7H,8-14,16H2,1H3. The van der Waals surface area contributed by atoms with E-state index in [2.05, 4.69) is 11.1 Å². The highest BCUT2D eigenvalue weighted by Crippen LogP contribution is 2.34. The van der Waals surface area contributed by atoms with Gasteiger partial charge in [-0.05, 0) is 18.2 Å². The van der Waals surface area contributed by atoms with Crippen molar-refractivity contribution in [2.45, 2.75) is 6.92 Å². The van der Waals surface area contributed by atoms with E-state index in [1.807, 2.05) is 34.1 Å². The zero-order chi connectivity index (χ0) is 24.1. The van der Waals surface area contributed by atoms with Crippen LogP contribution >= 0.6 is 11.8 Å². The molecule has 4 heterocycles. The van der Waals surface area contributed by atoms with Gasteiger partial charge in [0.1, 0.15) is 24.1 Å². The maximum absolute atomic E-state index is 13.1. The molecule has 3 aliphatic heterocycles. The van der Waals surface area contributed by atoms with Gasteiger partial charge < -0.3 is 19.4 Å². The number of piperazine rings is 1. The summed E-state index contributed by atoms with van der Waals surface area (Å²) in [5.41, 5.74) is 1.31. The predicted molar refractivity (Wildman–Crippen MR) is 128 cm³/mol. The van der Waals surface area contributed by atoms with Crippen molar-refractivity contribution in [3.8, 4) is 6.07 Å². The Labute approximate surface area is 202 Å². The second-order valence-corrected chi connectivity index (χ2v) is 9.01. The fraction of sp³-hybridized carbons (Fsp3) is 0.375. The van der Waals surface area contributed by atoms with Crippen molar-refractivity contribution in [2.24, 2.45) is 0 Å². The monoisotopic (exact) mass is 479 g/mol. The number of ketones is 1. The molecule has 0 radical (unpaired) electrons. The van der Waals surface area contributed by atoms with Gasteiger partial charge in [-0.15, -0.1) is 11.8 Å². The lowest BCUT2D eigenvalue weighted by Gasteiger charge is -2.38. The van der Waals surface area contributed by atoms with E-state index in [4.69, 9.17) is 4.74 Å². The van der Waals surface area contributed by atoms with Gasteiger partial charge in [-0.2, -0.15) is 5.26 Å². The van der Waals surface area contributed by atoms with Gasteiger partial charge in [0.15, 0.2) is 5.78 Å². The number of thioether (sulfide) groups is 1. The molecule has 0 unspecified atom stereocenters. The summed E-state index contributed by atoms with van der Waals surface area (Å²) >= 11 is 1.53. The molecule has 0 aromatic carbocycles. The van der Waals surface area contributed by atoms with Gasteiger partial charge in [0.05, 0.1) is 23.7 Å². The van der Waals surface area contributed by atoms with E-state index < -0.39 is 5.97 Å². The highest BCUT2D eigenvalue weighted by Gasteiger charge is 2.33. The molecule has 0 spiro atoms. The zero-order valence-corrected chi connectivity index (χ0v) is 19.7. The minimum absolute atomic E-state index is 0.0131. The third-order valence-corrected chi connectivity index (χ3v) is 6.76. The number of rotatable bonds is 5. The Balaban J connectivity index is 1.58. The van der Waals surface area contributed by atoms with Crippen molar-refractivity contribution < 1.29 is 19.1 Å². The van der Waals surface area contributed by atoms with Crippen LogP contribution in [0.25, 0.3) is 5.70 Å². The summed E-state index contributed by atoms with van der Waals surface area (Å²) in [5.74, 6) is 0.657. The van der Waals surface area contributed by atoms with Crippen LogP contribution in [0.1, 0.15) is 12.5 Å². The second kappa shape index (κ2) is 10.6. The SMILES string of the molecule is CC(=O)OCCN1CC(=O)C(C#N)=C(N2CCN(C(=O)C3=CC=CCS3)CC2)c2cccnc21. The quantitative estimate of drug-likeness (QED) is 0.582. The number of nitrogens with zero attached hydrogens (tertiary/aromatic N) is 5. The summed E-state index contributed by atoms with van der Waals surface area (Å²) in [6, 6.07) is 5.73. The van der Waals surface area contributed by atoms with Crippen LogP contribution in [0.3, 0.4) is 0 Å². The second-order valence-electron chi connectivity index (χ2n) is 7.94. The molecule has 1 fully saturated rings. The number of allylic oxidation sites excluding steroid dienone is 2. The molecule has 0 bridgehead atoms. The number of hydrogen-bond acceptors (Lipinski definition) is 9. The van der Waals surface area contributed by atoms with E-state index in [1.54, 1.807) is 17.2 Å². The molecule has 1 aromatic heterocycles. The molecule has 9 nitrogen and oxygen atoms in total. The van der Waals surface area contributed by atoms with Crippen LogP contribution in [0.15, 0.2) is 47.0 Å². The number of pyridine rings is 1. The van der Waals surface area contributed by atoms with E-state index in [9.17, 15) is 19.6 Å². The summed E-state index contributed by atoms with van der Waals surface area (Å²) in [6.45, 7) is 3.66. The zero-order valence-electron chi connectivity index (χ0n) is 18.9. The Kier molecular flexibility index (Phi) is 7.33. The van der Waals surface area contributed by atoms with Crippen molar-refractivity contribution in [3.63, 3.8) is 0 Å². The Morgan fingerprint density at radius 3 is 2.74 bits per heavy atom. The summed E-state index contributed by atoms with van der Waals surface area (Å²) in [5, 5.41) is 9.91. The van der Waals surface area contributed by atoms with Crippen molar-refractivity contribution >= 4 is 40.9 Å². The number of ether oxygens (including phenoxy) is 1. The van der Waals surface area contributed by atoms with E-state index in [0.717, 1.165) is 10.7 Å². The molecule has 10 heteroatoms. The van der Waals surface area contributed by atoms with Crippen LogP contribution in [0.2, 0.25) is 0 Å². The Hall–Kier alpha value is -3.58. The average Bonchev–Trinajstić information content (AvgIpc) is 2.98. The normalized spacial score (nSPS) is 18.2. The molecule has 176 valence electrons. The largest absolute Gasteiger partial charge is 0.464 e. The van der Waals surface area contributed by atoms with Gasteiger partial charge >= 0.3 is 5.97 Å². The number of anilines is 1. The van der Waals surface area contributed by atoms with Crippen LogP contribution in [0.5, 0.6) is 0 Å². The van der Waals surface area contributed by atoms with Crippen LogP contribution in [0, 0.1) is 11.3 Å². The molecule has 0 saturated carbocycles. The van der Waals surface area contributed by atoms with Crippen LogP contribution in [-0.4, -0.2) is 84.1 Å². The van der Waals surface area contributed by atoms with Gasteiger partial charge in [0.25, 0.3) is 5.91 Å². The third kappa shape index (κ3) is 4.99. The maximum Gasteiger partial charge on any atom is 0.302 e. The lowest BCUT2D eigenvalue weighted by Crippen LogP contribution is -2.48. The fourth-order valence-corrected chi connectivity index (χ4v) is 4.99. The Morgan fingerprint density at radius 1 is 1.26 bits per heavy atom. The van der Waals surface area contributed by atoms with Gasteiger partial charge in [0, 0.05) is 50.6 Å². The lowest BCUT2D eigenvalue weighted by molar-refractivity contribution is -0.140. The number of carbonyl (C=O) groups excluding carboxylic acids is 3. The maximum atomic E-state index is 13.1. The molecule has 4 rings (SSSR count). The number of aromatic nitrogens is 1. The van der Waals surface area contributed by atoms with Crippen LogP contribution < -0.4 is 4.90 Å². The van der Waals surface area contributed by atoms with E-state index in [-0.39, 0.29) is 37.0 Å². The van der Waals surface area contributed by atoms with Gasteiger partial charge in [0.2, 0.25) is 0 Å². The molecule has 3 aliphatic rings. The minimum Gasteiger partial charge on any atom is -0.464 e. The summed E-state index contributed by atoms with van der Waals surface area (Å²) in [7, 11) is 0. The molecular formula is C24H25N5O4S. The van der Waals surface area contributed by atoms with Gasteiger partial charge in [-0.1, -0.05) is 12.2 Å². The van der Waals surface area contributed by atoms with Crippen molar-refractivity contribution in [2.75, 3.05) is 56.5 Å². The molecule has 1 saturated heterocycles. The molecule has 1 aromatic rings. The first-order chi connectivity index (χ1) is 16.5. The van der Waals surface area contributed by atoms with Crippen molar-refractivity contribution in [1.29, 1.82) is 5.26 Å². The first-order valence-electron chi connectivity index (χ1n) is 11.0. The van der Waals surface area contributed by atoms with E-state index >= 15 is 0 Å². The Morgan fingerprint density at radius 2 is 2.06 bits per heavy atom. The molecule has 0 atom stereocenters. The van der Waals surface area contributed by atoms with Gasteiger partial charge in [-0.25, -0.2) is 4.98 Å². The van der Waals surface area contributed by atoms with Crippen LogP contribution in [-0.2, 0) is 19.1 Å². The number of fused-ring (bicyclic) bond motifs is 1. The minimum atomic E-state index is -0.398. The smallest absolute Gasteiger partial charge is 0.302 e. The Bertz CT molecular complexity index is 1130. The summed E-state index contributed by atoms with van der Waals surface area (Å²) in [4.78, 5) is 47.9. The first-order valence-corrected chi connectivity index (χ1v) is 12.0. The highest BCUT2D eigenvalue weighted by molar-refractivity contribution is 8.04. The van der Waals surface area contributed by atoms with Crippen molar-refractivity contribution in [1.82, 2.24) is 14.8 Å². The highest BCUT2D eigenvalue weighted by atomic mass is 32.2. The molecule has 1 amide bonds. The first kappa shape index (κ1) is 23.6. The summed E-state index contributed by atoms with van der Waals surface area (Å²) in [6.07, 6.45) is 7.39. The number of amides is 1. The third-order valence-electron chi connectivity index (χ3n) is 5.78. The number of esters is 1. The molecule has 34 heavy (non-hydrogen) atoms. The molecule has 0 N–H and O–H groups in total. The molecule has 0 aliphatic carbocycles. The number of Topliss-reactive ketones (excluding diaryl/α,β-unsaturated/α-hetero) is 1. The fourth-order valence-electron chi connectivity index (χ4n) is 4.18. The number of hydrogen-bond donors (Lipinski definition) is 0. The number of carbonyl (C=O) groups is 3. The molecular weight excluding hydrogens is 454 g/mol. The predicted octanol–water partition coefficient (Wildman–Crippen LogP) is 1.60. The summed E-state index contributed by atoms with van der Waals surface area (Å²) < 4.78 is 5.06. The average molecular weight is 480 g/mol. The van der Waals surface area contributed by atoms with E-state index in [1.165, 1.54) is 18.7 Å². The van der Waals surface area contributed by atoms with E-state index in [0.29, 0.717) is 43.3 Å². The van der Waals surface area contributed by atoms with Gasteiger partial charge in [-0.3, -0.25) is 14.4 Å².